The molecule has 3 N–H and O–H groups in total. The number of hydrogen-bond donors (Lipinski definition) is 3. The quantitative estimate of drug-likeness (QED) is 0.665. The van der Waals surface area contributed by atoms with Crippen molar-refractivity contribution in [3.8, 4) is 0 Å². The lowest BCUT2D eigenvalue weighted by Gasteiger charge is -2.08. The summed E-state index contributed by atoms with van der Waals surface area (Å²) < 4.78 is 5.58. The molecule has 3 amide bonds. The molecule has 0 radical (unpaired) electrons. The fourth-order valence-corrected chi connectivity index (χ4v) is 2.72. The van der Waals surface area contributed by atoms with E-state index in [4.69, 9.17) is 4.42 Å². The van der Waals surface area contributed by atoms with Crippen molar-refractivity contribution in [1.82, 2.24) is 5.32 Å². The molecule has 3 rings (SSSR count). The molecule has 3 aromatic rings. The summed E-state index contributed by atoms with van der Waals surface area (Å²) in [6, 6.07) is 10.7. The van der Waals surface area contributed by atoms with E-state index < -0.39 is 0 Å². The third-order valence-corrected chi connectivity index (χ3v) is 4.25. The summed E-state index contributed by atoms with van der Waals surface area (Å²) >= 11 is 0. The maximum absolute atomic E-state index is 12.4. The largest absolute Gasteiger partial charge is 0.464 e. The summed E-state index contributed by atoms with van der Waals surface area (Å²) in [5, 5.41) is 8.96. The zero-order chi connectivity index (χ0) is 18.7. The fourth-order valence-electron chi connectivity index (χ4n) is 2.72. The highest BCUT2D eigenvalue weighted by molar-refractivity contribution is 5.96. The average molecular weight is 351 g/mol. The lowest BCUT2D eigenvalue weighted by atomic mass is 10.0. The number of urea groups is 1. The third kappa shape index (κ3) is 3.85. The number of benzene rings is 2. The topological polar surface area (TPSA) is 83.4 Å². The van der Waals surface area contributed by atoms with E-state index in [9.17, 15) is 9.59 Å². The standard InChI is InChI=1S/C20H21N3O3/c1-12-7-17-14(11-26-18(17)8-13(12)2)9-19(24)22-15-5-4-6-16(10-15)23-20(25)21-3/h4-8,10-11H,9H2,1-3H3,(H,22,24)(H2,21,23,25). The van der Waals surface area contributed by atoms with E-state index in [0.29, 0.717) is 11.4 Å². The molecule has 0 spiro atoms. The van der Waals surface area contributed by atoms with E-state index in [1.54, 1.807) is 37.6 Å². The minimum Gasteiger partial charge on any atom is -0.464 e. The van der Waals surface area contributed by atoms with Crippen LogP contribution in [0.3, 0.4) is 0 Å². The van der Waals surface area contributed by atoms with Gasteiger partial charge in [-0.05, 0) is 55.3 Å². The van der Waals surface area contributed by atoms with Gasteiger partial charge in [0.2, 0.25) is 5.91 Å². The molecule has 6 heteroatoms. The van der Waals surface area contributed by atoms with Crippen molar-refractivity contribution in [3.05, 3.63) is 59.4 Å². The molecule has 1 aromatic heterocycles. The van der Waals surface area contributed by atoms with Crippen LogP contribution < -0.4 is 16.0 Å². The van der Waals surface area contributed by atoms with Gasteiger partial charge in [-0.1, -0.05) is 6.07 Å². The second kappa shape index (κ2) is 7.31. The molecule has 0 unspecified atom stereocenters. The van der Waals surface area contributed by atoms with Crippen LogP contribution in [0.15, 0.2) is 47.1 Å². The summed E-state index contributed by atoms with van der Waals surface area (Å²) in [7, 11) is 1.54. The maximum Gasteiger partial charge on any atom is 0.318 e. The van der Waals surface area contributed by atoms with Crippen LogP contribution in [0, 0.1) is 13.8 Å². The highest BCUT2D eigenvalue weighted by Crippen LogP contribution is 2.25. The first-order valence-corrected chi connectivity index (χ1v) is 8.32. The van der Waals surface area contributed by atoms with Crippen molar-refractivity contribution in [2.75, 3.05) is 17.7 Å². The maximum atomic E-state index is 12.4. The lowest BCUT2D eigenvalue weighted by Crippen LogP contribution is -2.24. The van der Waals surface area contributed by atoms with E-state index in [1.165, 1.54) is 0 Å². The number of furan rings is 1. The third-order valence-electron chi connectivity index (χ3n) is 4.25. The van der Waals surface area contributed by atoms with Gasteiger partial charge >= 0.3 is 6.03 Å². The molecular weight excluding hydrogens is 330 g/mol. The van der Waals surface area contributed by atoms with Gasteiger partial charge in [0.1, 0.15) is 5.58 Å². The van der Waals surface area contributed by atoms with E-state index in [2.05, 4.69) is 16.0 Å². The predicted molar refractivity (Wildman–Crippen MR) is 103 cm³/mol. The number of aryl methyl sites for hydroxylation is 2. The molecule has 0 fully saturated rings. The van der Waals surface area contributed by atoms with E-state index >= 15 is 0 Å². The molecule has 0 bridgehead atoms. The number of hydrogen-bond acceptors (Lipinski definition) is 3. The van der Waals surface area contributed by atoms with Crippen LogP contribution in [0.25, 0.3) is 11.0 Å². The number of amides is 3. The Balaban J connectivity index is 1.72. The van der Waals surface area contributed by atoms with Gasteiger partial charge in [-0.3, -0.25) is 4.79 Å². The second-order valence-corrected chi connectivity index (χ2v) is 6.20. The first-order chi connectivity index (χ1) is 12.5. The van der Waals surface area contributed by atoms with E-state index in [0.717, 1.165) is 27.7 Å². The van der Waals surface area contributed by atoms with Crippen LogP contribution in [0.4, 0.5) is 16.2 Å². The molecule has 2 aromatic carbocycles. The highest BCUT2D eigenvalue weighted by Gasteiger charge is 2.12. The summed E-state index contributed by atoms with van der Waals surface area (Å²) in [6.45, 7) is 4.07. The number of carbonyl (C=O) groups is 2. The van der Waals surface area contributed by atoms with Crippen molar-refractivity contribution >= 4 is 34.3 Å². The normalized spacial score (nSPS) is 10.6. The molecule has 1 heterocycles. The van der Waals surface area contributed by atoms with Crippen LogP contribution in [-0.4, -0.2) is 19.0 Å². The van der Waals surface area contributed by atoms with Gasteiger partial charge in [0.25, 0.3) is 0 Å². The van der Waals surface area contributed by atoms with Crippen LogP contribution >= 0.6 is 0 Å². The number of nitrogens with one attached hydrogen (secondary N) is 3. The molecule has 0 aliphatic heterocycles. The molecule has 0 atom stereocenters. The Labute approximate surface area is 151 Å². The molecule has 134 valence electrons. The minimum atomic E-state index is -0.316. The molecule has 0 saturated heterocycles. The molecule has 0 aliphatic rings. The van der Waals surface area contributed by atoms with Gasteiger partial charge in [-0.2, -0.15) is 0 Å². The summed E-state index contributed by atoms with van der Waals surface area (Å²) in [4.78, 5) is 23.8. The first-order valence-electron chi connectivity index (χ1n) is 8.32. The Morgan fingerprint density at radius 3 is 2.42 bits per heavy atom. The Bertz CT molecular complexity index is 976. The summed E-state index contributed by atoms with van der Waals surface area (Å²) in [5.74, 6) is -0.150. The number of fused-ring (bicyclic) bond motifs is 1. The van der Waals surface area contributed by atoms with Crippen molar-refractivity contribution in [1.29, 1.82) is 0 Å². The Kier molecular flexibility index (Phi) is 4.93. The second-order valence-electron chi connectivity index (χ2n) is 6.20. The van der Waals surface area contributed by atoms with Gasteiger partial charge in [0, 0.05) is 29.4 Å². The fraction of sp³-hybridized carbons (Fsp3) is 0.200. The van der Waals surface area contributed by atoms with Crippen molar-refractivity contribution < 1.29 is 14.0 Å². The van der Waals surface area contributed by atoms with Gasteiger partial charge < -0.3 is 20.4 Å². The average Bonchev–Trinajstić information content (AvgIpc) is 2.97. The van der Waals surface area contributed by atoms with Gasteiger partial charge in [-0.25, -0.2) is 4.79 Å². The highest BCUT2D eigenvalue weighted by atomic mass is 16.3. The molecule has 0 aliphatic carbocycles. The minimum absolute atomic E-state index is 0.150. The zero-order valence-corrected chi connectivity index (χ0v) is 15.0. The monoisotopic (exact) mass is 351 g/mol. The molecule has 0 saturated carbocycles. The van der Waals surface area contributed by atoms with Crippen LogP contribution in [0.1, 0.15) is 16.7 Å². The SMILES string of the molecule is CNC(=O)Nc1cccc(NC(=O)Cc2coc3cc(C)c(C)cc23)c1. The van der Waals surface area contributed by atoms with Crippen LogP contribution in [-0.2, 0) is 11.2 Å². The van der Waals surface area contributed by atoms with Crippen molar-refractivity contribution in [2.45, 2.75) is 20.3 Å². The van der Waals surface area contributed by atoms with Crippen LogP contribution in [0.5, 0.6) is 0 Å². The van der Waals surface area contributed by atoms with E-state index in [1.807, 2.05) is 26.0 Å². The number of rotatable bonds is 4. The van der Waals surface area contributed by atoms with Crippen molar-refractivity contribution in [3.63, 3.8) is 0 Å². The van der Waals surface area contributed by atoms with Gasteiger partial charge in [0.05, 0.1) is 12.7 Å². The van der Waals surface area contributed by atoms with Gasteiger partial charge in [-0.15, -0.1) is 0 Å². The number of anilines is 2. The van der Waals surface area contributed by atoms with E-state index in [-0.39, 0.29) is 18.4 Å². The lowest BCUT2D eigenvalue weighted by molar-refractivity contribution is -0.115. The Hall–Kier alpha value is -3.28. The molecule has 26 heavy (non-hydrogen) atoms. The summed E-state index contributed by atoms with van der Waals surface area (Å²) in [6.07, 6.45) is 1.84. The van der Waals surface area contributed by atoms with Crippen LogP contribution in [0.2, 0.25) is 0 Å². The zero-order valence-electron chi connectivity index (χ0n) is 15.0. The molecule has 6 nitrogen and oxygen atoms in total. The Morgan fingerprint density at radius 2 is 1.69 bits per heavy atom. The summed E-state index contributed by atoms with van der Waals surface area (Å²) in [5.41, 5.74) is 5.16. The predicted octanol–water partition coefficient (Wildman–Crippen LogP) is 3.98. The molecular formula is C20H21N3O3. The first kappa shape index (κ1) is 17.5. The smallest absolute Gasteiger partial charge is 0.318 e. The van der Waals surface area contributed by atoms with Crippen molar-refractivity contribution in [2.24, 2.45) is 0 Å². The van der Waals surface area contributed by atoms with Gasteiger partial charge in [0.15, 0.2) is 0 Å². The Morgan fingerprint density at radius 1 is 1.00 bits per heavy atom. The number of carbonyl (C=O) groups excluding carboxylic acids is 2.